The van der Waals surface area contributed by atoms with Gasteiger partial charge in [-0.3, -0.25) is 10.1 Å². The lowest BCUT2D eigenvalue weighted by atomic mass is 9.89. The number of benzene rings is 1. The van der Waals surface area contributed by atoms with Crippen LogP contribution in [0.3, 0.4) is 0 Å². The number of aryl methyl sites for hydroxylation is 1. The molecule has 7 heteroatoms. The maximum absolute atomic E-state index is 11.8. The molecule has 0 fully saturated rings. The number of urea groups is 1. The summed E-state index contributed by atoms with van der Waals surface area (Å²) in [7, 11) is 0. The first-order chi connectivity index (χ1) is 11.0. The minimum absolute atomic E-state index is 0.358. The molecule has 0 spiro atoms. The van der Waals surface area contributed by atoms with E-state index in [0.29, 0.717) is 23.6 Å². The minimum atomic E-state index is -0.714. The fourth-order valence-corrected chi connectivity index (χ4v) is 4.19. The molecule has 120 valence electrons. The predicted molar refractivity (Wildman–Crippen MR) is 90.1 cm³/mol. The van der Waals surface area contributed by atoms with E-state index in [9.17, 15) is 9.59 Å². The first-order valence-corrected chi connectivity index (χ1v) is 8.11. The summed E-state index contributed by atoms with van der Waals surface area (Å²) in [6.45, 7) is 2.51. The Hall–Kier alpha value is -2.54. The Kier molecular flexibility index (Phi) is 3.96. The molecule has 2 aromatic rings. The van der Waals surface area contributed by atoms with Gasteiger partial charge in [-0.15, -0.1) is 11.3 Å². The Morgan fingerprint density at radius 2 is 2.09 bits per heavy atom. The van der Waals surface area contributed by atoms with Crippen LogP contribution in [-0.4, -0.2) is 18.5 Å². The SMILES string of the molecule is CCOc1ccc2c(c1)-c1sc(NC(N)=O)c(C(N)=O)c1CC2. The fraction of sp³-hybridized carbons (Fsp3) is 0.250. The van der Waals surface area contributed by atoms with E-state index in [1.807, 2.05) is 25.1 Å². The molecule has 0 atom stereocenters. The Morgan fingerprint density at radius 3 is 2.74 bits per heavy atom. The first-order valence-electron chi connectivity index (χ1n) is 7.29. The highest BCUT2D eigenvalue weighted by atomic mass is 32.1. The van der Waals surface area contributed by atoms with Crippen LogP contribution in [0.2, 0.25) is 0 Å². The quantitative estimate of drug-likeness (QED) is 0.801. The normalized spacial score (nSPS) is 12.2. The molecule has 0 radical (unpaired) electrons. The van der Waals surface area contributed by atoms with Crippen molar-refractivity contribution in [2.24, 2.45) is 11.5 Å². The molecule has 3 amide bonds. The summed E-state index contributed by atoms with van der Waals surface area (Å²) in [5.41, 5.74) is 14.1. The van der Waals surface area contributed by atoms with Crippen LogP contribution in [0.5, 0.6) is 5.75 Å². The van der Waals surface area contributed by atoms with Gasteiger partial charge in [-0.1, -0.05) is 6.07 Å². The van der Waals surface area contributed by atoms with Gasteiger partial charge in [-0.05, 0) is 48.6 Å². The highest BCUT2D eigenvalue weighted by Crippen LogP contribution is 2.45. The molecule has 1 aliphatic rings. The number of primary amides is 2. The number of amides is 3. The Bertz CT molecular complexity index is 798. The van der Waals surface area contributed by atoms with Gasteiger partial charge in [0.2, 0.25) is 0 Å². The standard InChI is InChI=1S/C16H17N3O3S/c1-2-22-9-5-3-8-4-6-10-12(14(17)20)15(19-16(18)21)23-13(10)11(8)7-9/h3,5,7H,2,4,6H2,1H3,(H2,17,20)(H3,18,19,21). The number of nitrogens with two attached hydrogens (primary N) is 2. The van der Waals surface area contributed by atoms with Crippen LogP contribution in [0.4, 0.5) is 9.80 Å². The molecular weight excluding hydrogens is 314 g/mol. The third-order valence-electron chi connectivity index (χ3n) is 3.77. The van der Waals surface area contributed by atoms with Crippen LogP contribution in [0, 0.1) is 0 Å². The van der Waals surface area contributed by atoms with E-state index < -0.39 is 11.9 Å². The van der Waals surface area contributed by atoms with Crippen LogP contribution in [-0.2, 0) is 12.8 Å². The lowest BCUT2D eigenvalue weighted by Gasteiger charge is -2.18. The maximum atomic E-state index is 11.8. The number of fused-ring (bicyclic) bond motifs is 3. The van der Waals surface area contributed by atoms with Crippen molar-refractivity contribution in [3.8, 4) is 16.2 Å². The van der Waals surface area contributed by atoms with Crippen molar-refractivity contribution in [2.45, 2.75) is 19.8 Å². The minimum Gasteiger partial charge on any atom is -0.494 e. The first kappa shape index (κ1) is 15.4. The van der Waals surface area contributed by atoms with Crippen molar-refractivity contribution in [3.05, 3.63) is 34.9 Å². The Morgan fingerprint density at radius 1 is 1.30 bits per heavy atom. The zero-order valence-electron chi connectivity index (χ0n) is 12.6. The van der Waals surface area contributed by atoms with Gasteiger partial charge in [0, 0.05) is 4.88 Å². The number of ether oxygens (including phenoxy) is 1. The molecule has 0 unspecified atom stereocenters. The Labute approximate surface area is 137 Å². The molecule has 1 aliphatic carbocycles. The fourth-order valence-electron chi connectivity index (χ4n) is 2.88. The van der Waals surface area contributed by atoms with Gasteiger partial charge in [0.05, 0.1) is 12.2 Å². The van der Waals surface area contributed by atoms with Gasteiger partial charge in [0.1, 0.15) is 10.8 Å². The second-order valence-corrected chi connectivity index (χ2v) is 6.24. The second kappa shape index (κ2) is 5.92. The molecule has 6 nitrogen and oxygen atoms in total. The third-order valence-corrected chi connectivity index (χ3v) is 4.95. The molecule has 1 aromatic heterocycles. The van der Waals surface area contributed by atoms with Gasteiger partial charge in [0.25, 0.3) is 5.91 Å². The number of rotatable bonds is 4. The molecule has 0 saturated carbocycles. The van der Waals surface area contributed by atoms with Crippen molar-refractivity contribution in [2.75, 3.05) is 11.9 Å². The summed E-state index contributed by atoms with van der Waals surface area (Å²) in [5.74, 6) is 0.216. The van der Waals surface area contributed by atoms with Crippen LogP contribution in [0.15, 0.2) is 18.2 Å². The lowest BCUT2D eigenvalue weighted by Crippen LogP contribution is -2.22. The summed E-state index contributed by atoms with van der Waals surface area (Å²) in [6.07, 6.45) is 1.51. The van der Waals surface area contributed by atoms with E-state index in [0.717, 1.165) is 28.2 Å². The van der Waals surface area contributed by atoms with Gasteiger partial charge >= 0.3 is 6.03 Å². The van der Waals surface area contributed by atoms with Gasteiger partial charge in [0.15, 0.2) is 0 Å². The third kappa shape index (κ3) is 2.75. The molecule has 5 N–H and O–H groups in total. The smallest absolute Gasteiger partial charge is 0.317 e. The predicted octanol–water partition coefficient (Wildman–Crippen LogP) is 2.50. The number of hydrogen-bond acceptors (Lipinski definition) is 4. The molecule has 0 bridgehead atoms. The van der Waals surface area contributed by atoms with Crippen molar-refractivity contribution in [1.82, 2.24) is 0 Å². The monoisotopic (exact) mass is 331 g/mol. The van der Waals surface area contributed by atoms with E-state index in [-0.39, 0.29) is 0 Å². The highest BCUT2D eigenvalue weighted by Gasteiger charge is 2.27. The zero-order valence-corrected chi connectivity index (χ0v) is 13.5. The van der Waals surface area contributed by atoms with E-state index in [4.69, 9.17) is 16.2 Å². The van der Waals surface area contributed by atoms with Crippen molar-refractivity contribution >= 4 is 28.3 Å². The van der Waals surface area contributed by atoms with Crippen molar-refractivity contribution < 1.29 is 14.3 Å². The number of nitrogens with one attached hydrogen (secondary N) is 1. The number of carbonyl (C=O) groups is 2. The zero-order chi connectivity index (χ0) is 16.6. The molecule has 0 aliphatic heterocycles. The molecule has 1 aromatic carbocycles. The number of anilines is 1. The van der Waals surface area contributed by atoms with Gasteiger partial charge < -0.3 is 16.2 Å². The molecule has 23 heavy (non-hydrogen) atoms. The lowest BCUT2D eigenvalue weighted by molar-refractivity contribution is 0.100. The molecule has 0 saturated heterocycles. The van der Waals surface area contributed by atoms with E-state index in [2.05, 4.69) is 5.32 Å². The summed E-state index contributed by atoms with van der Waals surface area (Å²) in [6, 6.07) is 5.23. The van der Waals surface area contributed by atoms with Crippen LogP contribution >= 0.6 is 11.3 Å². The van der Waals surface area contributed by atoms with Gasteiger partial charge in [-0.25, -0.2) is 4.79 Å². The van der Waals surface area contributed by atoms with Crippen LogP contribution in [0.25, 0.3) is 10.4 Å². The van der Waals surface area contributed by atoms with Crippen LogP contribution < -0.4 is 21.5 Å². The number of thiophene rings is 1. The van der Waals surface area contributed by atoms with Crippen LogP contribution in [0.1, 0.15) is 28.4 Å². The molecule has 3 rings (SSSR count). The summed E-state index contributed by atoms with van der Waals surface area (Å²) in [5, 5.41) is 2.91. The van der Waals surface area contributed by atoms with Gasteiger partial charge in [-0.2, -0.15) is 0 Å². The van der Waals surface area contributed by atoms with Crippen molar-refractivity contribution in [1.29, 1.82) is 0 Å². The highest BCUT2D eigenvalue weighted by molar-refractivity contribution is 7.20. The number of hydrogen-bond donors (Lipinski definition) is 3. The van der Waals surface area contributed by atoms with E-state index in [1.54, 1.807) is 0 Å². The van der Waals surface area contributed by atoms with Crippen molar-refractivity contribution in [3.63, 3.8) is 0 Å². The average Bonchev–Trinajstić information content (AvgIpc) is 2.85. The summed E-state index contributed by atoms with van der Waals surface area (Å²) in [4.78, 5) is 24.0. The summed E-state index contributed by atoms with van der Waals surface area (Å²) >= 11 is 1.32. The molecular formula is C16H17N3O3S. The topological polar surface area (TPSA) is 107 Å². The molecule has 1 heterocycles. The summed E-state index contributed by atoms with van der Waals surface area (Å²) < 4.78 is 5.56. The van der Waals surface area contributed by atoms with E-state index >= 15 is 0 Å². The second-order valence-electron chi connectivity index (χ2n) is 5.22. The average molecular weight is 331 g/mol. The largest absolute Gasteiger partial charge is 0.494 e. The Balaban J connectivity index is 2.16. The number of carbonyl (C=O) groups excluding carboxylic acids is 2. The maximum Gasteiger partial charge on any atom is 0.317 e. The van der Waals surface area contributed by atoms with E-state index in [1.165, 1.54) is 16.9 Å².